The monoisotopic (exact) mass is 280 g/mol. The van der Waals surface area contributed by atoms with E-state index in [1.165, 1.54) is 18.2 Å². The molecule has 0 atom stereocenters. The van der Waals surface area contributed by atoms with Crippen LogP contribution >= 0.6 is 0 Å². The Morgan fingerprint density at radius 1 is 1.50 bits per heavy atom. The van der Waals surface area contributed by atoms with Crippen molar-refractivity contribution < 1.29 is 9.72 Å². The van der Waals surface area contributed by atoms with Crippen molar-refractivity contribution in [3.8, 4) is 0 Å². The second-order valence-corrected chi connectivity index (χ2v) is 4.87. The minimum atomic E-state index is -0.532. The van der Waals surface area contributed by atoms with Gasteiger partial charge >= 0.3 is 0 Å². The highest BCUT2D eigenvalue weighted by molar-refractivity contribution is 6.00. The number of rotatable bonds is 6. The van der Waals surface area contributed by atoms with E-state index in [1.54, 1.807) is 4.90 Å². The summed E-state index contributed by atoms with van der Waals surface area (Å²) in [6, 6.07) is 4.00. The molecule has 110 valence electrons. The maximum absolute atomic E-state index is 12.5. The molecule has 20 heavy (non-hydrogen) atoms. The van der Waals surface area contributed by atoms with Gasteiger partial charge in [-0.2, -0.15) is 0 Å². The summed E-state index contributed by atoms with van der Waals surface area (Å²) in [7, 11) is 0. The molecule has 0 saturated heterocycles. The first-order chi connectivity index (χ1) is 9.40. The van der Waals surface area contributed by atoms with Crippen LogP contribution in [0.1, 0.15) is 31.1 Å². The number of nitrogens with zero attached hydrogens (tertiary/aromatic N) is 2. The highest BCUT2D eigenvalue weighted by Crippen LogP contribution is 2.23. The number of hydrazine groups is 1. The smallest absolute Gasteiger partial charge is 0.270 e. The van der Waals surface area contributed by atoms with E-state index in [0.29, 0.717) is 24.7 Å². The van der Waals surface area contributed by atoms with E-state index in [1.807, 2.05) is 20.8 Å². The van der Waals surface area contributed by atoms with Crippen LogP contribution in [0.3, 0.4) is 0 Å². The van der Waals surface area contributed by atoms with Gasteiger partial charge in [-0.05, 0) is 18.9 Å². The van der Waals surface area contributed by atoms with E-state index in [-0.39, 0.29) is 17.2 Å². The van der Waals surface area contributed by atoms with Gasteiger partial charge in [-0.15, -0.1) is 0 Å². The zero-order valence-electron chi connectivity index (χ0n) is 11.9. The fraction of sp³-hybridized carbons (Fsp3) is 0.462. The lowest BCUT2D eigenvalue weighted by Gasteiger charge is -2.23. The normalized spacial score (nSPS) is 10.4. The molecule has 1 rings (SSSR count). The van der Waals surface area contributed by atoms with Crippen molar-refractivity contribution in [2.24, 2.45) is 11.8 Å². The van der Waals surface area contributed by atoms with Crippen molar-refractivity contribution in [2.45, 2.75) is 20.8 Å². The first kappa shape index (κ1) is 15.9. The second kappa shape index (κ2) is 6.85. The van der Waals surface area contributed by atoms with Gasteiger partial charge in [0.2, 0.25) is 0 Å². The first-order valence-corrected chi connectivity index (χ1v) is 6.45. The third-order valence-corrected chi connectivity index (χ3v) is 2.85. The number of carbonyl (C=O) groups is 1. The number of hydrogen-bond donors (Lipinski definition) is 2. The summed E-state index contributed by atoms with van der Waals surface area (Å²) in [5.74, 6) is 5.41. The maximum Gasteiger partial charge on any atom is 0.270 e. The molecule has 0 radical (unpaired) electrons. The fourth-order valence-corrected chi connectivity index (χ4v) is 1.92. The molecular formula is C13H20N4O3. The molecule has 0 aromatic heterocycles. The molecule has 0 bridgehead atoms. The van der Waals surface area contributed by atoms with Crippen LogP contribution in [0.2, 0.25) is 0 Å². The number of nitrogens with two attached hydrogens (primary N) is 1. The van der Waals surface area contributed by atoms with Gasteiger partial charge in [0.25, 0.3) is 11.6 Å². The lowest BCUT2D eigenvalue weighted by Crippen LogP contribution is -2.34. The predicted molar refractivity (Wildman–Crippen MR) is 77.3 cm³/mol. The summed E-state index contributed by atoms with van der Waals surface area (Å²) >= 11 is 0. The molecule has 3 N–H and O–H groups in total. The molecule has 1 aromatic rings. The second-order valence-electron chi connectivity index (χ2n) is 4.87. The van der Waals surface area contributed by atoms with Crippen LogP contribution in [-0.4, -0.2) is 28.8 Å². The summed E-state index contributed by atoms with van der Waals surface area (Å²) < 4.78 is 0. The number of non-ortho nitro benzene ring substituents is 1. The number of hydrogen-bond acceptors (Lipinski definition) is 5. The molecule has 0 unspecified atom stereocenters. The van der Waals surface area contributed by atoms with Crippen LogP contribution in [0.4, 0.5) is 11.4 Å². The van der Waals surface area contributed by atoms with E-state index in [0.717, 1.165) is 0 Å². The van der Waals surface area contributed by atoms with E-state index < -0.39 is 4.92 Å². The van der Waals surface area contributed by atoms with Crippen molar-refractivity contribution in [2.75, 3.05) is 18.5 Å². The van der Waals surface area contributed by atoms with Crippen LogP contribution in [0, 0.1) is 16.0 Å². The number of amides is 1. The van der Waals surface area contributed by atoms with Gasteiger partial charge in [0.05, 0.1) is 16.2 Å². The molecule has 0 aliphatic rings. The third kappa shape index (κ3) is 3.67. The van der Waals surface area contributed by atoms with Gasteiger partial charge in [0.15, 0.2) is 0 Å². The Balaban J connectivity index is 3.17. The standard InChI is InChI=1S/C13H20N4O3/c1-4-16(8-9(2)3)13(18)11-7-10(17(19)20)5-6-12(11)15-14/h5-7,9,15H,4,8,14H2,1-3H3. The Labute approximate surface area is 117 Å². The van der Waals surface area contributed by atoms with Crippen LogP contribution in [0.25, 0.3) is 0 Å². The molecule has 0 fully saturated rings. The Kier molecular flexibility index (Phi) is 5.45. The minimum absolute atomic E-state index is 0.132. The van der Waals surface area contributed by atoms with Crippen LogP contribution < -0.4 is 11.3 Å². The lowest BCUT2D eigenvalue weighted by molar-refractivity contribution is -0.384. The molecule has 0 aliphatic heterocycles. The zero-order valence-corrected chi connectivity index (χ0v) is 11.9. The molecule has 0 heterocycles. The zero-order chi connectivity index (χ0) is 15.3. The quantitative estimate of drug-likeness (QED) is 0.471. The summed E-state index contributed by atoms with van der Waals surface area (Å²) in [5, 5.41) is 10.8. The molecule has 0 saturated carbocycles. The van der Waals surface area contributed by atoms with Gasteiger partial charge in [-0.25, -0.2) is 0 Å². The minimum Gasteiger partial charge on any atom is -0.339 e. The summed E-state index contributed by atoms with van der Waals surface area (Å²) in [6.45, 7) is 7.00. The van der Waals surface area contributed by atoms with Crippen molar-refractivity contribution in [3.05, 3.63) is 33.9 Å². The van der Waals surface area contributed by atoms with Crippen molar-refractivity contribution in [1.29, 1.82) is 0 Å². The third-order valence-electron chi connectivity index (χ3n) is 2.85. The van der Waals surface area contributed by atoms with Gasteiger partial charge in [-0.1, -0.05) is 13.8 Å². The highest BCUT2D eigenvalue weighted by Gasteiger charge is 2.21. The molecule has 7 heteroatoms. The Morgan fingerprint density at radius 2 is 2.15 bits per heavy atom. The van der Waals surface area contributed by atoms with Crippen molar-refractivity contribution in [1.82, 2.24) is 4.90 Å². The van der Waals surface area contributed by atoms with E-state index >= 15 is 0 Å². The van der Waals surface area contributed by atoms with Crippen LogP contribution in [0.5, 0.6) is 0 Å². The van der Waals surface area contributed by atoms with Crippen molar-refractivity contribution >= 4 is 17.3 Å². The molecule has 7 nitrogen and oxygen atoms in total. The van der Waals surface area contributed by atoms with Gasteiger partial charge < -0.3 is 10.3 Å². The maximum atomic E-state index is 12.5. The lowest BCUT2D eigenvalue weighted by atomic mass is 10.1. The average molecular weight is 280 g/mol. The Hall–Kier alpha value is -2.15. The Morgan fingerprint density at radius 3 is 2.60 bits per heavy atom. The predicted octanol–water partition coefficient (Wildman–Crippen LogP) is 2.00. The molecule has 0 spiro atoms. The summed E-state index contributed by atoms with van der Waals surface area (Å²) in [4.78, 5) is 24.4. The molecule has 1 aromatic carbocycles. The number of benzene rings is 1. The fourth-order valence-electron chi connectivity index (χ4n) is 1.92. The number of nitro groups is 1. The molecule has 0 aliphatic carbocycles. The summed E-state index contributed by atoms with van der Waals surface area (Å²) in [6.07, 6.45) is 0. The van der Waals surface area contributed by atoms with E-state index in [9.17, 15) is 14.9 Å². The topological polar surface area (TPSA) is 102 Å². The molecule has 1 amide bonds. The highest BCUT2D eigenvalue weighted by atomic mass is 16.6. The Bertz CT molecular complexity index is 502. The largest absolute Gasteiger partial charge is 0.339 e. The van der Waals surface area contributed by atoms with Gasteiger partial charge in [0.1, 0.15) is 0 Å². The number of nitrogens with one attached hydrogen (secondary N) is 1. The van der Waals surface area contributed by atoms with E-state index in [2.05, 4.69) is 5.43 Å². The van der Waals surface area contributed by atoms with Crippen LogP contribution in [-0.2, 0) is 0 Å². The number of carbonyl (C=O) groups excluding carboxylic acids is 1. The van der Waals surface area contributed by atoms with Crippen LogP contribution in [0.15, 0.2) is 18.2 Å². The molecular weight excluding hydrogens is 260 g/mol. The number of nitro benzene ring substituents is 1. The van der Waals surface area contributed by atoms with Gasteiger partial charge in [0, 0.05) is 25.2 Å². The SMILES string of the molecule is CCN(CC(C)C)C(=O)c1cc([N+](=O)[O-])ccc1NN. The average Bonchev–Trinajstić information content (AvgIpc) is 2.42. The van der Waals surface area contributed by atoms with Gasteiger partial charge in [-0.3, -0.25) is 20.8 Å². The number of nitrogen functional groups attached to an aromatic ring is 1. The summed E-state index contributed by atoms with van der Waals surface area (Å²) in [5.41, 5.74) is 2.86. The number of anilines is 1. The first-order valence-electron chi connectivity index (χ1n) is 6.45. The van der Waals surface area contributed by atoms with E-state index in [4.69, 9.17) is 5.84 Å². The van der Waals surface area contributed by atoms with Crippen molar-refractivity contribution in [3.63, 3.8) is 0 Å².